The quantitative estimate of drug-likeness (QED) is 0.258. The molecule has 0 amide bonds. The first-order valence-corrected chi connectivity index (χ1v) is 11.9. The highest BCUT2D eigenvalue weighted by atomic mass is 32.2. The normalized spacial score (nSPS) is 10.9. The van der Waals surface area contributed by atoms with Crippen molar-refractivity contribution in [1.29, 1.82) is 0 Å². The van der Waals surface area contributed by atoms with E-state index in [2.05, 4.69) is 15.2 Å². The van der Waals surface area contributed by atoms with Crippen LogP contribution < -0.4 is 9.47 Å². The minimum atomic E-state index is -0.119. The standard InChI is InChI=1S/C26H26N4O4S/c1-15-23(17(3)31)16(2)27-24(15)20(32)14-35-26-29-28-25(18-9-7-6-8-10-18)30(26)19-11-12-21(33-4)22(13-19)34-5/h6-13,27H,14H2,1-5H3. The van der Waals surface area contributed by atoms with Crippen LogP contribution in [-0.2, 0) is 0 Å². The van der Waals surface area contributed by atoms with Crippen LogP contribution >= 0.6 is 11.8 Å². The van der Waals surface area contributed by atoms with Crippen LogP contribution in [0.3, 0.4) is 0 Å². The Morgan fingerprint density at radius 3 is 2.34 bits per heavy atom. The molecule has 0 radical (unpaired) electrons. The maximum atomic E-state index is 13.1. The number of ether oxygens (including phenoxy) is 2. The average Bonchev–Trinajstić information content (AvgIpc) is 3.42. The fourth-order valence-electron chi connectivity index (χ4n) is 4.09. The molecule has 0 aliphatic rings. The van der Waals surface area contributed by atoms with Gasteiger partial charge in [0.1, 0.15) is 0 Å². The lowest BCUT2D eigenvalue weighted by molar-refractivity contribution is 0.101. The second-order valence-electron chi connectivity index (χ2n) is 7.94. The van der Waals surface area contributed by atoms with Gasteiger partial charge in [-0.05, 0) is 38.5 Å². The largest absolute Gasteiger partial charge is 0.493 e. The van der Waals surface area contributed by atoms with Gasteiger partial charge in [-0.2, -0.15) is 0 Å². The van der Waals surface area contributed by atoms with Gasteiger partial charge in [-0.25, -0.2) is 0 Å². The third kappa shape index (κ3) is 4.72. The lowest BCUT2D eigenvalue weighted by Gasteiger charge is -2.13. The van der Waals surface area contributed by atoms with E-state index < -0.39 is 0 Å². The fraction of sp³-hybridized carbons (Fsp3) is 0.231. The molecule has 2 aromatic carbocycles. The minimum Gasteiger partial charge on any atom is -0.493 e. The summed E-state index contributed by atoms with van der Waals surface area (Å²) >= 11 is 1.28. The molecular weight excluding hydrogens is 464 g/mol. The number of Topliss-reactive ketones (excluding diaryl/α,β-unsaturated/α-hetero) is 2. The molecule has 0 unspecified atom stereocenters. The molecule has 180 valence electrons. The molecule has 0 aliphatic heterocycles. The Bertz CT molecular complexity index is 1390. The van der Waals surface area contributed by atoms with E-state index in [1.807, 2.05) is 53.1 Å². The third-order valence-corrected chi connectivity index (χ3v) is 6.62. The monoisotopic (exact) mass is 490 g/mol. The van der Waals surface area contributed by atoms with E-state index in [0.29, 0.717) is 45.0 Å². The van der Waals surface area contributed by atoms with Gasteiger partial charge in [0.25, 0.3) is 0 Å². The van der Waals surface area contributed by atoms with E-state index in [4.69, 9.17) is 9.47 Å². The van der Waals surface area contributed by atoms with Gasteiger partial charge in [-0.1, -0.05) is 42.1 Å². The van der Waals surface area contributed by atoms with Crippen molar-refractivity contribution in [2.24, 2.45) is 0 Å². The molecule has 4 rings (SSSR count). The van der Waals surface area contributed by atoms with Gasteiger partial charge in [0.2, 0.25) is 0 Å². The number of nitrogens with one attached hydrogen (secondary N) is 1. The van der Waals surface area contributed by atoms with E-state index in [1.165, 1.54) is 18.7 Å². The Labute approximate surface area is 207 Å². The van der Waals surface area contributed by atoms with Crippen molar-refractivity contribution >= 4 is 23.3 Å². The molecule has 2 aromatic heterocycles. The molecule has 1 N–H and O–H groups in total. The molecule has 0 atom stereocenters. The number of methoxy groups -OCH3 is 2. The number of aryl methyl sites for hydroxylation is 1. The number of carbonyl (C=O) groups is 2. The molecule has 0 aliphatic carbocycles. The van der Waals surface area contributed by atoms with Crippen molar-refractivity contribution in [3.05, 3.63) is 71.0 Å². The zero-order chi connectivity index (χ0) is 25.1. The predicted molar refractivity (Wildman–Crippen MR) is 135 cm³/mol. The summed E-state index contributed by atoms with van der Waals surface area (Å²) in [5.41, 5.74) is 4.04. The Morgan fingerprint density at radius 2 is 1.71 bits per heavy atom. The molecule has 0 spiro atoms. The van der Waals surface area contributed by atoms with E-state index in [1.54, 1.807) is 28.1 Å². The predicted octanol–water partition coefficient (Wildman–Crippen LogP) is 5.07. The maximum Gasteiger partial charge on any atom is 0.196 e. The van der Waals surface area contributed by atoms with Gasteiger partial charge in [0, 0.05) is 22.9 Å². The summed E-state index contributed by atoms with van der Waals surface area (Å²) in [6.45, 7) is 5.09. The van der Waals surface area contributed by atoms with Crippen LogP contribution in [-0.4, -0.2) is 51.3 Å². The van der Waals surface area contributed by atoms with Crippen LogP contribution in [0, 0.1) is 13.8 Å². The molecule has 0 saturated carbocycles. The Morgan fingerprint density at radius 1 is 1.00 bits per heavy atom. The van der Waals surface area contributed by atoms with Crippen molar-refractivity contribution in [3.8, 4) is 28.6 Å². The van der Waals surface area contributed by atoms with Crippen LogP contribution in [0.4, 0.5) is 0 Å². The minimum absolute atomic E-state index is 0.0661. The lowest BCUT2D eigenvalue weighted by Crippen LogP contribution is -2.07. The van der Waals surface area contributed by atoms with E-state index in [9.17, 15) is 9.59 Å². The van der Waals surface area contributed by atoms with Crippen molar-refractivity contribution < 1.29 is 19.1 Å². The number of thioether (sulfide) groups is 1. The number of ketones is 2. The number of H-pyrrole nitrogens is 1. The molecule has 8 nitrogen and oxygen atoms in total. The first kappa shape index (κ1) is 24.3. The van der Waals surface area contributed by atoms with Gasteiger partial charge in [-0.15, -0.1) is 10.2 Å². The van der Waals surface area contributed by atoms with Gasteiger partial charge in [-0.3, -0.25) is 14.2 Å². The molecule has 9 heteroatoms. The van der Waals surface area contributed by atoms with E-state index in [-0.39, 0.29) is 17.3 Å². The molecular formula is C26H26N4O4S. The summed E-state index contributed by atoms with van der Waals surface area (Å²) in [5, 5.41) is 9.37. The summed E-state index contributed by atoms with van der Waals surface area (Å²) < 4.78 is 12.8. The lowest BCUT2D eigenvalue weighted by atomic mass is 10.1. The summed E-state index contributed by atoms with van der Waals surface area (Å²) in [6.07, 6.45) is 0. The zero-order valence-corrected chi connectivity index (χ0v) is 21.0. The van der Waals surface area contributed by atoms with Crippen LogP contribution in [0.25, 0.3) is 17.1 Å². The van der Waals surface area contributed by atoms with Crippen LogP contribution in [0.2, 0.25) is 0 Å². The van der Waals surface area contributed by atoms with Gasteiger partial charge in [0.05, 0.1) is 31.4 Å². The number of aromatic amines is 1. The Hall–Kier alpha value is -3.85. The first-order chi connectivity index (χ1) is 16.8. The molecule has 35 heavy (non-hydrogen) atoms. The number of carbonyl (C=O) groups excluding carboxylic acids is 2. The number of benzene rings is 2. The highest BCUT2D eigenvalue weighted by molar-refractivity contribution is 7.99. The van der Waals surface area contributed by atoms with Gasteiger partial charge in [0.15, 0.2) is 34.0 Å². The zero-order valence-electron chi connectivity index (χ0n) is 20.2. The highest BCUT2D eigenvalue weighted by Gasteiger charge is 2.22. The fourth-order valence-corrected chi connectivity index (χ4v) is 4.92. The van der Waals surface area contributed by atoms with Crippen molar-refractivity contribution in [2.75, 3.05) is 20.0 Å². The number of hydrogen-bond donors (Lipinski definition) is 1. The molecule has 0 bridgehead atoms. The second kappa shape index (κ2) is 10.2. The maximum absolute atomic E-state index is 13.1. The van der Waals surface area contributed by atoms with Crippen LogP contribution in [0.15, 0.2) is 53.7 Å². The first-order valence-electron chi connectivity index (χ1n) is 10.9. The Kier molecular flexibility index (Phi) is 7.07. The number of aromatic nitrogens is 4. The summed E-state index contributed by atoms with van der Waals surface area (Å²) in [4.78, 5) is 28.1. The van der Waals surface area contributed by atoms with Crippen molar-refractivity contribution in [1.82, 2.24) is 19.7 Å². The highest BCUT2D eigenvalue weighted by Crippen LogP contribution is 2.34. The van der Waals surface area contributed by atoms with Crippen molar-refractivity contribution in [3.63, 3.8) is 0 Å². The molecule has 4 aromatic rings. The van der Waals surface area contributed by atoms with E-state index >= 15 is 0 Å². The van der Waals surface area contributed by atoms with Crippen LogP contribution in [0.1, 0.15) is 39.0 Å². The van der Waals surface area contributed by atoms with Crippen molar-refractivity contribution in [2.45, 2.75) is 25.9 Å². The third-order valence-electron chi connectivity index (χ3n) is 5.69. The molecule has 0 fully saturated rings. The SMILES string of the molecule is COc1ccc(-n2c(SCC(=O)c3[nH]c(C)c(C(C)=O)c3C)nnc2-c2ccccc2)cc1OC. The topological polar surface area (TPSA) is 99.1 Å². The average molecular weight is 491 g/mol. The second-order valence-corrected chi connectivity index (χ2v) is 8.88. The van der Waals surface area contributed by atoms with Crippen LogP contribution in [0.5, 0.6) is 11.5 Å². The number of rotatable bonds is 9. The smallest absolute Gasteiger partial charge is 0.196 e. The van der Waals surface area contributed by atoms with E-state index in [0.717, 1.165) is 11.3 Å². The molecule has 0 saturated heterocycles. The van der Waals surface area contributed by atoms with Gasteiger partial charge < -0.3 is 14.5 Å². The number of nitrogens with zero attached hydrogens (tertiary/aromatic N) is 3. The Balaban J connectivity index is 1.71. The molecule has 2 heterocycles. The summed E-state index contributed by atoms with van der Waals surface area (Å²) in [7, 11) is 3.16. The summed E-state index contributed by atoms with van der Waals surface area (Å²) in [6, 6.07) is 15.3. The number of hydrogen-bond acceptors (Lipinski definition) is 7. The van der Waals surface area contributed by atoms with Gasteiger partial charge >= 0.3 is 0 Å². The summed E-state index contributed by atoms with van der Waals surface area (Å²) in [5.74, 6) is 1.75.